The molecule has 262 valence electrons. The van der Waals surface area contributed by atoms with Crippen molar-refractivity contribution in [3.8, 4) is 34.5 Å². The van der Waals surface area contributed by atoms with Gasteiger partial charge in [-0.25, -0.2) is 0 Å². The number of hydrogen-bond acceptors (Lipinski definition) is 11. The predicted molar refractivity (Wildman–Crippen MR) is 182 cm³/mol. The van der Waals surface area contributed by atoms with E-state index in [4.69, 9.17) is 28.4 Å². The molecule has 2 aliphatic rings. The molecule has 11 nitrogen and oxygen atoms in total. The largest absolute Gasteiger partial charge is 0.497 e. The molecule has 0 spiro atoms. The topological polar surface area (TPSA) is 147 Å². The number of benzene rings is 4. The summed E-state index contributed by atoms with van der Waals surface area (Å²) in [5.41, 5.74) is 4.51. The molecule has 0 aliphatic carbocycles. The van der Waals surface area contributed by atoms with Crippen molar-refractivity contribution in [2.75, 3.05) is 20.3 Å². The van der Waals surface area contributed by atoms with E-state index >= 15 is 0 Å². The minimum absolute atomic E-state index is 0.164. The first-order valence-electron chi connectivity index (χ1n) is 16.1. The smallest absolute Gasteiger partial charge is 0.308 e. The fourth-order valence-corrected chi connectivity index (χ4v) is 6.11. The van der Waals surface area contributed by atoms with Crippen molar-refractivity contribution < 1.29 is 53.0 Å². The Morgan fingerprint density at radius 2 is 1.10 bits per heavy atom. The van der Waals surface area contributed by atoms with Gasteiger partial charge in [0.25, 0.3) is 0 Å². The molecule has 0 saturated carbocycles. The monoisotopic (exact) mass is 684 g/mol. The van der Waals surface area contributed by atoms with Gasteiger partial charge in [0, 0.05) is 54.9 Å². The zero-order valence-corrected chi connectivity index (χ0v) is 28.7. The lowest BCUT2D eigenvalue weighted by Gasteiger charge is -2.32. The number of rotatable bonds is 6. The number of aliphatic hydroxyl groups excluding tert-OH is 2. The summed E-state index contributed by atoms with van der Waals surface area (Å²) >= 11 is 0. The van der Waals surface area contributed by atoms with Gasteiger partial charge >= 0.3 is 17.9 Å². The van der Waals surface area contributed by atoms with Crippen molar-refractivity contribution >= 4 is 17.9 Å². The van der Waals surface area contributed by atoms with Crippen LogP contribution in [0.3, 0.4) is 0 Å². The Labute approximate surface area is 290 Å². The summed E-state index contributed by atoms with van der Waals surface area (Å²) in [7, 11) is 1.62. The van der Waals surface area contributed by atoms with Gasteiger partial charge in [-0.3, -0.25) is 14.4 Å². The van der Waals surface area contributed by atoms with Gasteiger partial charge in [0.1, 0.15) is 34.5 Å². The third-order valence-electron chi connectivity index (χ3n) is 8.59. The molecule has 0 radical (unpaired) electrons. The molecular weight excluding hydrogens is 644 g/mol. The molecule has 2 heterocycles. The van der Waals surface area contributed by atoms with Crippen LogP contribution in [0, 0.1) is 13.8 Å². The average Bonchev–Trinajstić information content (AvgIpc) is 3.08. The van der Waals surface area contributed by atoms with Gasteiger partial charge in [-0.15, -0.1) is 0 Å². The van der Waals surface area contributed by atoms with Crippen molar-refractivity contribution in [3.05, 3.63) is 106 Å². The highest BCUT2D eigenvalue weighted by atomic mass is 16.5. The first kappa shape index (κ1) is 35.9. The lowest BCUT2D eigenvalue weighted by molar-refractivity contribution is -0.132. The lowest BCUT2D eigenvalue weighted by Crippen LogP contribution is -2.25. The zero-order valence-electron chi connectivity index (χ0n) is 28.7. The van der Waals surface area contributed by atoms with E-state index in [0.717, 1.165) is 22.4 Å². The van der Waals surface area contributed by atoms with E-state index in [1.54, 1.807) is 56.5 Å². The Kier molecular flexibility index (Phi) is 11.1. The van der Waals surface area contributed by atoms with Gasteiger partial charge in [-0.05, 0) is 73.5 Å². The summed E-state index contributed by atoms with van der Waals surface area (Å²) in [6.07, 6.45) is -1.48. The maximum atomic E-state index is 11.2. The van der Waals surface area contributed by atoms with Gasteiger partial charge in [0.05, 0.1) is 32.5 Å². The van der Waals surface area contributed by atoms with Crippen molar-refractivity contribution in [3.63, 3.8) is 0 Å². The summed E-state index contributed by atoms with van der Waals surface area (Å²) in [6.45, 7) is 8.23. The number of carbonyl (C=O) groups is 3. The van der Waals surface area contributed by atoms with Gasteiger partial charge < -0.3 is 38.6 Å². The summed E-state index contributed by atoms with van der Waals surface area (Å²) in [4.78, 5) is 33.5. The van der Waals surface area contributed by atoms with Crippen molar-refractivity contribution in [1.82, 2.24) is 0 Å². The summed E-state index contributed by atoms with van der Waals surface area (Å²) in [5.74, 6) is 1.52. The van der Waals surface area contributed by atoms with Crippen LogP contribution < -0.4 is 28.4 Å². The molecule has 6 rings (SSSR count). The van der Waals surface area contributed by atoms with Crippen LogP contribution >= 0.6 is 0 Å². The van der Waals surface area contributed by atoms with E-state index in [0.29, 0.717) is 52.0 Å². The third kappa shape index (κ3) is 7.90. The molecule has 4 aromatic carbocycles. The highest BCUT2D eigenvalue weighted by Crippen LogP contribution is 2.46. The predicted octanol–water partition coefficient (Wildman–Crippen LogP) is 6.19. The minimum atomic E-state index is -0.795. The Morgan fingerprint density at radius 3 is 1.56 bits per heavy atom. The second kappa shape index (κ2) is 15.4. The highest BCUT2D eigenvalue weighted by molar-refractivity contribution is 5.71. The molecule has 50 heavy (non-hydrogen) atoms. The number of ether oxygens (including phenoxy) is 6. The van der Waals surface area contributed by atoms with Crippen LogP contribution in [0.4, 0.5) is 0 Å². The highest BCUT2D eigenvalue weighted by Gasteiger charge is 2.34. The molecular formula is C39H40O11. The van der Waals surface area contributed by atoms with Crippen LogP contribution in [0.1, 0.15) is 78.2 Å². The molecule has 2 aliphatic heterocycles. The normalized spacial score (nSPS) is 18.8. The first-order valence-corrected chi connectivity index (χ1v) is 16.1. The van der Waals surface area contributed by atoms with Crippen LogP contribution in [0.2, 0.25) is 0 Å². The number of aliphatic hydroxyl groups is 2. The Morgan fingerprint density at radius 1 is 0.620 bits per heavy atom. The second-order valence-electron chi connectivity index (χ2n) is 12.1. The Hall–Kier alpha value is -5.39. The molecule has 0 amide bonds. The van der Waals surface area contributed by atoms with Crippen LogP contribution in [-0.2, 0) is 14.4 Å². The molecule has 0 saturated heterocycles. The minimum Gasteiger partial charge on any atom is -0.497 e. The molecule has 0 fully saturated rings. The standard InChI is InChI=1S/C20H20O6.C19H20O5/c1-11-18(26-13(3)22)8-7-16-19(23)17(10-24-20(11)16)14-5-4-6-15(9-14)25-12(2)21;1-11-17(24-12(2)20)9-8-15-18(21)16(10-23-19(11)15)13-4-6-14(22-3)7-5-13/h4-9,17,19,23H,10H2,1-3H3;4-9,16,18,21H,10H2,1-3H3. The quantitative estimate of drug-likeness (QED) is 0.177. The number of fused-ring (bicyclic) bond motifs is 2. The van der Waals surface area contributed by atoms with E-state index in [-0.39, 0.29) is 24.4 Å². The maximum absolute atomic E-state index is 11.2. The fourth-order valence-electron chi connectivity index (χ4n) is 6.11. The lowest BCUT2D eigenvalue weighted by atomic mass is 9.86. The fraction of sp³-hybridized carbons (Fsp3) is 0.308. The van der Waals surface area contributed by atoms with E-state index in [1.165, 1.54) is 20.8 Å². The Balaban J connectivity index is 0.000000195. The van der Waals surface area contributed by atoms with E-state index < -0.39 is 24.1 Å². The van der Waals surface area contributed by atoms with Crippen LogP contribution in [0.5, 0.6) is 34.5 Å². The van der Waals surface area contributed by atoms with Crippen molar-refractivity contribution in [1.29, 1.82) is 0 Å². The zero-order chi connectivity index (χ0) is 36.1. The molecule has 4 unspecified atom stereocenters. The van der Waals surface area contributed by atoms with Crippen LogP contribution in [-0.4, -0.2) is 48.4 Å². The van der Waals surface area contributed by atoms with E-state index in [1.807, 2.05) is 37.3 Å². The number of methoxy groups -OCH3 is 1. The summed E-state index contributed by atoms with van der Waals surface area (Å²) in [5, 5.41) is 21.6. The van der Waals surface area contributed by atoms with E-state index in [9.17, 15) is 24.6 Å². The van der Waals surface area contributed by atoms with Gasteiger partial charge in [0.2, 0.25) is 0 Å². The van der Waals surface area contributed by atoms with Gasteiger partial charge in [-0.1, -0.05) is 24.3 Å². The molecule has 4 atom stereocenters. The van der Waals surface area contributed by atoms with Crippen LogP contribution in [0.25, 0.3) is 0 Å². The average molecular weight is 685 g/mol. The van der Waals surface area contributed by atoms with Gasteiger partial charge in [0.15, 0.2) is 0 Å². The second-order valence-corrected chi connectivity index (χ2v) is 12.1. The molecule has 4 aromatic rings. The van der Waals surface area contributed by atoms with Crippen LogP contribution in [0.15, 0.2) is 72.8 Å². The third-order valence-corrected chi connectivity index (χ3v) is 8.59. The van der Waals surface area contributed by atoms with Crippen molar-refractivity contribution in [2.45, 2.75) is 58.7 Å². The molecule has 11 heteroatoms. The number of hydrogen-bond donors (Lipinski definition) is 2. The maximum Gasteiger partial charge on any atom is 0.308 e. The number of esters is 3. The molecule has 0 bridgehead atoms. The van der Waals surface area contributed by atoms with Gasteiger partial charge in [-0.2, -0.15) is 0 Å². The molecule has 0 aromatic heterocycles. The molecule has 2 N–H and O–H groups in total. The SMILES string of the molecule is CC(=O)Oc1cccc(C2COc3c(ccc(OC(C)=O)c3C)C2O)c1.COc1ccc(C2COc3c(ccc(OC(C)=O)c3C)C2O)cc1. The number of carbonyl (C=O) groups excluding carboxylic acids is 3. The Bertz CT molecular complexity index is 1880. The van der Waals surface area contributed by atoms with Crippen molar-refractivity contribution in [2.24, 2.45) is 0 Å². The summed E-state index contributed by atoms with van der Waals surface area (Å²) in [6, 6.07) is 21.4. The first-order chi connectivity index (χ1) is 23.9. The summed E-state index contributed by atoms with van der Waals surface area (Å²) < 4.78 is 32.4. The van der Waals surface area contributed by atoms with E-state index in [2.05, 4.69) is 0 Å².